The summed E-state index contributed by atoms with van der Waals surface area (Å²) >= 11 is 0. The molecule has 0 unspecified atom stereocenters. The molecular formula is C16H7F5N2O7S2. The van der Waals surface area contributed by atoms with Gasteiger partial charge < -0.3 is 5.11 Å². The first-order valence-electron chi connectivity index (χ1n) is 7.82. The summed E-state index contributed by atoms with van der Waals surface area (Å²) in [7, 11) is -9.99. The van der Waals surface area contributed by atoms with Crippen LogP contribution in [0.2, 0.25) is 0 Å². The summed E-state index contributed by atoms with van der Waals surface area (Å²) in [5.74, 6) is -13.3. The molecule has 0 aliphatic heterocycles. The predicted molar refractivity (Wildman–Crippen MR) is 95.6 cm³/mol. The van der Waals surface area contributed by atoms with Gasteiger partial charge in [0.1, 0.15) is 10.6 Å². The Kier molecular flexibility index (Phi) is 5.67. The topological polar surface area (TPSA) is 154 Å². The summed E-state index contributed by atoms with van der Waals surface area (Å²) in [4.78, 5) is -2.01. The van der Waals surface area contributed by atoms with E-state index in [-0.39, 0.29) is 5.39 Å². The predicted octanol–water partition coefficient (Wildman–Crippen LogP) is 4.15. The molecule has 0 bridgehead atoms. The van der Waals surface area contributed by atoms with Crippen molar-refractivity contribution in [2.24, 2.45) is 10.2 Å². The molecule has 0 saturated carbocycles. The smallest absolute Gasteiger partial charge is 0.298 e. The number of benzene rings is 3. The molecule has 0 aliphatic rings. The van der Waals surface area contributed by atoms with Gasteiger partial charge in [-0.25, -0.2) is 22.0 Å². The van der Waals surface area contributed by atoms with Gasteiger partial charge in [-0.1, -0.05) is 6.07 Å². The van der Waals surface area contributed by atoms with Crippen LogP contribution in [0.5, 0.6) is 5.75 Å². The van der Waals surface area contributed by atoms with E-state index in [9.17, 15) is 48.4 Å². The molecular weight excluding hydrogens is 491 g/mol. The van der Waals surface area contributed by atoms with Gasteiger partial charge in [0.25, 0.3) is 20.2 Å². The maximum absolute atomic E-state index is 13.8. The Labute approximate surface area is 174 Å². The molecule has 170 valence electrons. The van der Waals surface area contributed by atoms with Crippen LogP contribution in [-0.4, -0.2) is 31.0 Å². The third kappa shape index (κ3) is 3.99. The lowest BCUT2D eigenvalue weighted by Gasteiger charge is -2.10. The average molecular weight is 498 g/mol. The summed E-state index contributed by atoms with van der Waals surface area (Å²) in [6.07, 6.45) is 0. The molecule has 0 aliphatic carbocycles. The van der Waals surface area contributed by atoms with Crippen molar-refractivity contribution >= 4 is 42.4 Å². The number of phenolic OH excluding ortho intramolecular Hbond substituents is 1. The van der Waals surface area contributed by atoms with Gasteiger partial charge in [-0.05, 0) is 23.6 Å². The Morgan fingerprint density at radius 2 is 1.19 bits per heavy atom. The number of halogens is 5. The fourth-order valence-electron chi connectivity index (χ4n) is 2.57. The highest BCUT2D eigenvalue weighted by Gasteiger charge is 2.27. The first-order chi connectivity index (χ1) is 14.6. The van der Waals surface area contributed by atoms with Gasteiger partial charge >= 0.3 is 0 Å². The molecule has 3 aromatic rings. The third-order valence-electron chi connectivity index (χ3n) is 4.03. The number of azo groups is 1. The van der Waals surface area contributed by atoms with Gasteiger partial charge in [-0.2, -0.15) is 16.8 Å². The van der Waals surface area contributed by atoms with Gasteiger partial charge in [0.05, 0.1) is 4.90 Å². The SMILES string of the molecule is O=S(=O)(O)c1ccc2c(N=Nc3c(F)c(F)c(F)c(F)c3F)c(O)c(S(=O)(=O)O)cc2c1. The molecule has 0 saturated heterocycles. The first kappa shape index (κ1) is 23.5. The van der Waals surface area contributed by atoms with Crippen LogP contribution >= 0.6 is 0 Å². The molecule has 0 heterocycles. The van der Waals surface area contributed by atoms with Crippen molar-refractivity contribution in [1.82, 2.24) is 0 Å². The maximum Gasteiger partial charge on any atom is 0.298 e. The zero-order valence-corrected chi connectivity index (χ0v) is 16.5. The number of nitrogens with zero attached hydrogens (tertiary/aromatic N) is 2. The van der Waals surface area contributed by atoms with Gasteiger partial charge in [-0.3, -0.25) is 9.11 Å². The molecule has 0 atom stereocenters. The Balaban J connectivity index is 2.37. The molecule has 3 rings (SSSR count). The van der Waals surface area contributed by atoms with E-state index >= 15 is 0 Å². The lowest BCUT2D eigenvalue weighted by atomic mass is 10.1. The van der Waals surface area contributed by atoms with Crippen molar-refractivity contribution in [3.8, 4) is 5.75 Å². The summed E-state index contributed by atoms with van der Waals surface area (Å²) in [5.41, 5.74) is -2.72. The quantitative estimate of drug-likeness (QED) is 0.161. The van der Waals surface area contributed by atoms with Crippen LogP contribution in [0.3, 0.4) is 0 Å². The lowest BCUT2D eigenvalue weighted by molar-refractivity contribution is 0.380. The summed E-state index contributed by atoms with van der Waals surface area (Å²) in [6, 6.07) is 2.89. The number of fused-ring (bicyclic) bond motifs is 1. The molecule has 16 heteroatoms. The van der Waals surface area contributed by atoms with Crippen molar-refractivity contribution in [2.75, 3.05) is 0 Å². The normalized spacial score (nSPS) is 12.7. The van der Waals surface area contributed by atoms with E-state index in [1.807, 2.05) is 0 Å². The van der Waals surface area contributed by atoms with E-state index in [1.165, 1.54) is 0 Å². The molecule has 3 aromatic carbocycles. The van der Waals surface area contributed by atoms with Crippen LogP contribution in [0.15, 0.2) is 44.3 Å². The fraction of sp³-hybridized carbons (Fsp3) is 0. The second-order valence-corrected chi connectivity index (χ2v) is 8.84. The number of hydrogen-bond donors (Lipinski definition) is 3. The largest absolute Gasteiger partial charge is 0.504 e. The minimum Gasteiger partial charge on any atom is -0.504 e. The van der Waals surface area contributed by atoms with E-state index in [1.54, 1.807) is 0 Å². The van der Waals surface area contributed by atoms with Crippen LogP contribution in [0, 0.1) is 29.1 Å². The molecule has 32 heavy (non-hydrogen) atoms. The van der Waals surface area contributed by atoms with E-state index < -0.39 is 81.6 Å². The molecule has 0 spiro atoms. The van der Waals surface area contributed by atoms with Gasteiger partial charge in [0, 0.05) is 5.39 Å². The van der Waals surface area contributed by atoms with Gasteiger partial charge in [0.15, 0.2) is 34.7 Å². The van der Waals surface area contributed by atoms with Crippen molar-refractivity contribution in [1.29, 1.82) is 0 Å². The molecule has 9 nitrogen and oxygen atoms in total. The highest BCUT2D eigenvalue weighted by Crippen LogP contribution is 2.42. The minimum atomic E-state index is -5.20. The Bertz CT molecular complexity index is 1510. The Morgan fingerprint density at radius 3 is 1.69 bits per heavy atom. The maximum atomic E-state index is 13.8. The third-order valence-corrected chi connectivity index (χ3v) is 5.75. The number of phenols is 1. The van der Waals surface area contributed by atoms with Crippen molar-refractivity contribution in [3.05, 3.63) is 53.4 Å². The zero-order valence-electron chi connectivity index (χ0n) is 14.9. The van der Waals surface area contributed by atoms with Crippen LogP contribution in [0.4, 0.5) is 33.3 Å². The monoisotopic (exact) mass is 498 g/mol. The Morgan fingerprint density at radius 1 is 0.688 bits per heavy atom. The fourth-order valence-corrected chi connectivity index (χ4v) is 3.70. The van der Waals surface area contributed by atoms with Crippen LogP contribution in [-0.2, 0) is 20.2 Å². The van der Waals surface area contributed by atoms with E-state index in [4.69, 9.17) is 4.55 Å². The standard InChI is InChI=1S/C16H7F5N2O7S2/c17-9-10(18)12(20)15(13(21)11(9)19)23-22-14-7-2-1-6(31(25,26)27)3-5(7)4-8(16(14)24)32(28,29)30/h1-4,24H,(H,25,26,27)(H,28,29,30). The summed E-state index contributed by atoms with van der Waals surface area (Å²) in [6.45, 7) is 0. The molecule has 0 amide bonds. The second-order valence-electron chi connectivity index (χ2n) is 6.02. The average Bonchev–Trinajstić information content (AvgIpc) is 2.69. The van der Waals surface area contributed by atoms with Crippen LogP contribution in [0.1, 0.15) is 0 Å². The van der Waals surface area contributed by atoms with Gasteiger partial charge in [0.2, 0.25) is 5.82 Å². The number of rotatable bonds is 4. The number of hydrogen-bond acceptors (Lipinski definition) is 7. The highest BCUT2D eigenvalue weighted by atomic mass is 32.2. The lowest BCUT2D eigenvalue weighted by Crippen LogP contribution is -2.01. The highest BCUT2D eigenvalue weighted by molar-refractivity contribution is 7.86. The Hall–Kier alpha value is -3.21. The first-order valence-corrected chi connectivity index (χ1v) is 10.7. The molecule has 3 N–H and O–H groups in total. The summed E-state index contributed by atoms with van der Waals surface area (Å²) in [5, 5.41) is 15.5. The minimum absolute atomic E-state index is 0.338. The van der Waals surface area contributed by atoms with Crippen LogP contribution < -0.4 is 0 Å². The van der Waals surface area contributed by atoms with E-state index in [0.717, 1.165) is 12.1 Å². The van der Waals surface area contributed by atoms with Crippen LogP contribution in [0.25, 0.3) is 10.8 Å². The van der Waals surface area contributed by atoms with E-state index in [2.05, 4.69) is 10.2 Å². The molecule has 0 fully saturated rings. The summed E-state index contributed by atoms with van der Waals surface area (Å²) < 4.78 is 131. The molecule has 0 radical (unpaired) electrons. The van der Waals surface area contributed by atoms with Crippen molar-refractivity contribution < 1.29 is 53.0 Å². The second kappa shape index (κ2) is 7.73. The number of aromatic hydroxyl groups is 1. The van der Waals surface area contributed by atoms with Gasteiger partial charge in [-0.15, -0.1) is 10.2 Å². The van der Waals surface area contributed by atoms with E-state index in [0.29, 0.717) is 12.1 Å². The van der Waals surface area contributed by atoms with Crippen molar-refractivity contribution in [2.45, 2.75) is 9.79 Å². The van der Waals surface area contributed by atoms with Crippen molar-refractivity contribution in [3.63, 3.8) is 0 Å². The molecule has 0 aromatic heterocycles. The zero-order chi connectivity index (χ0) is 24.2.